The first kappa shape index (κ1) is 16.7. The monoisotopic (exact) mass is 301 g/mol. The first-order valence-electron chi connectivity index (χ1n) is 7.78. The third-order valence-corrected chi connectivity index (χ3v) is 5.11. The number of aliphatic hydroxyl groups is 3. The van der Waals surface area contributed by atoms with Crippen molar-refractivity contribution in [3.8, 4) is 0 Å². The van der Waals surface area contributed by atoms with E-state index in [4.69, 9.17) is 4.74 Å². The number of rotatable bonds is 5. The van der Waals surface area contributed by atoms with Gasteiger partial charge in [0.15, 0.2) is 5.60 Å². The fourth-order valence-electron chi connectivity index (χ4n) is 3.66. The smallest absolute Gasteiger partial charge is 0.341 e. The number of fused-ring (bicyclic) bond motifs is 1. The molecule has 2 saturated heterocycles. The molecule has 2 heterocycles. The van der Waals surface area contributed by atoms with Crippen molar-refractivity contribution in [1.82, 2.24) is 4.90 Å². The van der Waals surface area contributed by atoms with Crippen LogP contribution in [0.25, 0.3) is 0 Å². The van der Waals surface area contributed by atoms with E-state index in [1.54, 1.807) is 13.8 Å². The molecule has 0 radical (unpaired) electrons. The van der Waals surface area contributed by atoms with Crippen LogP contribution in [0, 0.1) is 11.8 Å². The predicted molar refractivity (Wildman–Crippen MR) is 76.5 cm³/mol. The van der Waals surface area contributed by atoms with E-state index >= 15 is 0 Å². The van der Waals surface area contributed by atoms with E-state index in [2.05, 4.69) is 4.90 Å². The Balaban J connectivity index is 2.09. The van der Waals surface area contributed by atoms with Crippen LogP contribution in [0.5, 0.6) is 0 Å². The lowest BCUT2D eigenvalue weighted by Gasteiger charge is -2.34. The predicted octanol–water partition coefficient (Wildman–Crippen LogP) is -0.247. The van der Waals surface area contributed by atoms with Crippen LogP contribution < -0.4 is 0 Å². The number of carbonyl (C=O) groups excluding carboxylic acids is 1. The lowest BCUT2D eigenvalue weighted by molar-refractivity contribution is -0.191. The molecule has 0 saturated carbocycles. The lowest BCUT2D eigenvalue weighted by atomic mass is 9.85. The van der Waals surface area contributed by atoms with E-state index in [0.29, 0.717) is 6.42 Å². The van der Waals surface area contributed by atoms with Crippen molar-refractivity contribution in [2.45, 2.75) is 57.5 Å². The molecule has 2 aliphatic rings. The Morgan fingerprint density at radius 3 is 2.48 bits per heavy atom. The van der Waals surface area contributed by atoms with E-state index in [0.717, 1.165) is 19.5 Å². The molecule has 6 heteroatoms. The molecule has 5 atom stereocenters. The molecule has 2 unspecified atom stereocenters. The number of hydrogen-bond acceptors (Lipinski definition) is 6. The zero-order valence-electron chi connectivity index (χ0n) is 13.0. The Kier molecular flexibility index (Phi) is 4.92. The Morgan fingerprint density at radius 2 is 1.95 bits per heavy atom. The summed E-state index contributed by atoms with van der Waals surface area (Å²) in [5.41, 5.74) is -1.89. The number of hydrogen-bond donors (Lipinski definition) is 3. The van der Waals surface area contributed by atoms with Crippen molar-refractivity contribution in [3.63, 3.8) is 0 Å². The van der Waals surface area contributed by atoms with E-state index in [1.165, 1.54) is 6.92 Å². The van der Waals surface area contributed by atoms with Crippen LogP contribution in [0.3, 0.4) is 0 Å². The Labute approximate surface area is 125 Å². The third kappa shape index (κ3) is 2.82. The van der Waals surface area contributed by atoms with E-state index in [1.807, 2.05) is 0 Å². The van der Waals surface area contributed by atoms with Crippen molar-refractivity contribution < 1.29 is 24.9 Å². The van der Waals surface area contributed by atoms with Crippen LogP contribution in [0.1, 0.15) is 33.6 Å². The van der Waals surface area contributed by atoms with Gasteiger partial charge in [0.1, 0.15) is 6.10 Å². The maximum atomic E-state index is 12.4. The van der Waals surface area contributed by atoms with Crippen molar-refractivity contribution in [1.29, 1.82) is 0 Å². The van der Waals surface area contributed by atoms with Gasteiger partial charge in [-0.15, -0.1) is 0 Å². The molecule has 0 aromatic carbocycles. The van der Waals surface area contributed by atoms with E-state index in [9.17, 15) is 20.1 Å². The Hall–Kier alpha value is -0.690. The molecular formula is C15H27NO5. The largest absolute Gasteiger partial charge is 0.458 e. The minimum atomic E-state index is -1.89. The van der Waals surface area contributed by atoms with Gasteiger partial charge in [-0.25, -0.2) is 4.79 Å². The second kappa shape index (κ2) is 6.20. The van der Waals surface area contributed by atoms with Crippen LogP contribution in [-0.2, 0) is 9.53 Å². The van der Waals surface area contributed by atoms with Crippen molar-refractivity contribution in [2.24, 2.45) is 11.8 Å². The molecule has 0 spiro atoms. The van der Waals surface area contributed by atoms with E-state index in [-0.39, 0.29) is 24.7 Å². The summed E-state index contributed by atoms with van der Waals surface area (Å²) < 4.78 is 5.54. The van der Waals surface area contributed by atoms with Gasteiger partial charge < -0.3 is 20.1 Å². The topological polar surface area (TPSA) is 90.2 Å². The summed E-state index contributed by atoms with van der Waals surface area (Å²) in [5, 5.41) is 29.7. The summed E-state index contributed by atoms with van der Waals surface area (Å²) in [6.45, 7) is 6.60. The van der Waals surface area contributed by atoms with Gasteiger partial charge in [-0.05, 0) is 32.2 Å². The minimum Gasteiger partial charge on any atom is -0.458 e. The molecule has 6 nitrogen and oxygen atoms in total. The van der Waals surface area contributed by atoms with Crippen LogP contribution in [-0.4, -0.2) is 69.7 Å². The van der Waals surface area contributed by atoms with Gasteiger partial charge in [0.05, 0.1) is 12.1 Å². The lowest BCUT2D eigenvalue weighted by Crippen LogP contribution is -2.55. The van der Waals surface area contributed by atoms with Crippen LogP contribution in [0.2, 0.25) is 0 Å². The normalized spacial score (nSPS) is 33.8. The number of esters is 1. The summed E-state index contributed by atoms with van der Waals surface area (Å²) in [6.07, 6.45) is 0.0990. The molecule has 0 amide bonds. The van der Waals surface area contributed by atoms with Crippen LogP contribution >= 0.6 is 0 Å². The molecule has 0 aromatic rings. The average Bonchev–Trinajstić information content (AvgIpc) is 2.99. The first-order chi connectivity index (χ1) is 9.82. The van der Waals surface area contributed by atoms with Crippen molar-refractivity contribution >= 4 is 5.97 Å². The Bertz CT molecular complexity index is 376. The fraction of sp³-hybridized carbons (Fsp3) is 0.933. The summed E-state index contributed by atoms with van der Waals surface area (Å²) in [5.74, 6) is -1.09. The first-order valence-corrected chi connectivity index (χ1v) is 7.78. The summed E-state index contributed by atoms with van der Waals surface area (Å²) in [4.78, 5) is 14.6. The second-order valence-electron chi connectivity index (χ2n) is 6.65. The van der Waals surface area contributed by atoms with Crippen LogP contribution in [0.4, 0.5) is 0 Å². The van der Waals surface area contributed by atoms with Gasteiger partial charge in [0.25, 0.3) is 0 Å². The molecule has 0 aromatic heterocycles. The number of ether oxygens (including phenoxy) is 1. The zero-order valence-corrected chi connectivity index (χ0v) is 13.0. The zero-order chi connectivity index (χ0) is 15.8. The summed E-state index contributed by atoms with van der Waals surface area (Å²) >= 11 is 0. The molecule has 0 aliphatic carbocycles. The standard InChI is InChI=1S/C15H27NO5/c1-9(2)15(20,10(3)18)14(19)21-12-5-7-16-6-4-11(8-17)13(12)16/h9-13,17-18,20H,4-8H2,1-3H3/t10?,11-,12-,13-,15?/m1/s1. The summed E-state index contributed by atoms with van der Waals surface area (Å²) in [7, 11) is 0. The maximum Gasteiger partial charge on any atom is 0.341 e. The van der Waals surface area contributed by atoms with Gasteiger partial charge in [-0.3, -0.25) is 4.90 Å². The minimum absolute atomic E-state index is 0.0318. The van der Waals surface area contributed by atoms with Gasteiger partial charge in [-0.2, -0.15) is 0 Å². The second-order valence-corrected chi connectivity index (χ2v) is 6.65. The van der Waals surface area contributed by atoms with Crippen molar-refractivity contribution in [3.05, 3.63) is 0 Å². The van der Waals surface area contributed by atoms with Gasteiger partial charge in [-0.1, -0.05) is 13.8 Å². The third-order valence-electron chi connectivity index (χ3n) is 5.11. The highest BCUT2D eigenvalue weighted by Crippen LogP contribution is 2.35. The number of aliphatic hydroxyl groups excluding tert-OH is 2. The molecule has 0 bridgehead atoms. The van der Waals surface area contributed by atoms with Gasteiger partial charge in [0, 0.05) is 19.1 Å². The molecule has 3 N–H and O–H groups in total. The highest BCUT2D eigenvalue weighted by atomic mass is 16.6. The average molecular weight is 301 g/mol. The van der Waals surface area contributed by atoms with Crippen molar-refractivity contribution in [2.75, 3.05) is 19.7 Å². The van der Waals surface area contributed by atoms with Gasteiger partial charge in [0.2, 0.25) is 0 Å². The number of carbonyl (C=O) groups is 1. The molecule has 21 heavy (non-hydrogen) atoms. The summed E-state index contributed by atoms with van der Waals surface area (Å²) in [6, 6.07) is 0.0318. The van der Waals surface area contributed by atoms with Crippen LogP contribution in [0.15, 0.2) is 0 Å². The maximum absolute atomic E-state index is 12.4. The molecule has 2 aliphatic heterocycles. The SMILES string of the molecule is CC(C)C(O)(C(=O)O[C@@H]1CCN2CC[C@H](CO)[C@H]12)C(C)O. The highest BCUT2D eigenvalue weighted by Gasteiger charge is 2.50. The highest BCUT2D eigenvalue weighted by molar-refractivity contribution is 5.80. The molecular weight excluding hydrogens is 274 g/mol. The Morgan fingerprint density at radius 1 is 1.33 bits per heavy atom. The molecule has 122 valence electrons. The van der Waals surface area contributed by atoms with E-state index < -0.39 is 23.6 Å². The molecule has 2 rings (SSSR count). The number of nitrogens with zero attached hydrogens (tertiary/aromatic N) is 1. The molecule has 2 fully saturated rings. The quantitative estimate of drug-likeness (QED) is 0.607. The fourth-order valence-corrected chi connectivity index (χ4v) is 3.66. The van der Waals surface area contributed by atoms with Gasteiger partial charge >= 0.3 is 5.97 Å².